The number of anilines is 1. The molecule has 0 aliphatic heterocycles. The Labute approximate surface area is 152 Å². The summed E-state index contributed by atoms with van der Waals surface area (Å²) in [6, 6.07) is 16.8. The number of hydrogen-bond acceptors (Lipinski definition) is 3. The second kappa shape index (κ2) is 6.79. The van der Waals surface area contributed by atoms with Crippen LogP contribution in [0.25, 0.3) is 33.0 Å². The highest BCUT2D eigenvalue weighted by Crippen LogP contribution is 2.28. The molecule has 4 heteroatoms. The minimum atomic E-state index is 0.802. The maximum absolute atomic E-state index is 6.28. The van der Waals surface area contributed by atoms with Crippen LogP contribution in [0.3, 0.4) is 0 Å². The van der Waals surface area contributed by atoms with Gasteiger partial charge in [0.25, 0.3) is 0 Å². The number of rotatable bonds is 4. The van der Waals surface area contributed by atoms with Gasteiger partial charge >= 0.3 is 0 Å². The number of nitrogens with zero attached hydrogens (tertiary/aromatic N) is 2. The molecule has 0 atom stereocenters. The van der Waals surface area contributed by atoms with Crippen LogP contribution in [-0.2, 0) is 0 Å². The Morgan fingerprint density at radius 1 is 0.923 bits per heavy atom. The van der Waals surface area contributed by atoms with E-state index in [1.165, 1.54) is 10.7 Å². The molecule has 132 valence electrons. The summed E-state index contributed by atoms with van der Waals surface area (Å²) in [5, 5.41) is 6.84. The summed E-state index contributed by atoms with van der Waals surface area (Å²) in [5.74, 6) is 0. The van der Waals surface area contributed by atoms with E-state index in [0.29, 0.717) is 0 Å². The van der Waals surface area contributed by atoms with Crippen LogP contribution in [0.15, 0.2) is 52.9 Å². The lowest BCUT2D eigenvalue weighted by atomic mass is 10.1. The first-order valence-electron chi connectivity index (χ1n) is 9.32. The predicted octanol–water partition coefficient (Wildman–Crippen LogP) is 4.38. The Kier molecular flexibility index (Phi) is 4.33. The van der Waals surface area contributed by atoms with E-state index in [1.54, 1.807) is 0 Å². The van der Waals surface area contributed by atoms with E-state index >= 15 is 0 Å². The Balaban J connectivity index is 1.99. The Hall–Kier alpha value is -2.88. The molecular weight excluding hydrogens is 322 g/mol. The van der Waals surface area contributed by atoms with E-state index in [9.17, 15) is 0 Å². The van der Waals surface area contributed by atoms with Crippen molar-refractivity contribution in [2.75, 3.05) is 25.0 Å². The molecule has 0 aliphatic carbocycles. The molecule has 4 aromatic rings. The SMILES string of the molecule is CCNc1ccc2nc3ccc4cc(=[N+](CC)CC)ccc4c3oc2c1. The summed E-state index contributed by atoms with van der Waals surface area (Å²) >= 11 is 0. The fraction of sp³-hybridized carbons (Fsp3) is 0.273. The first-order valence-corrected chi connectivity index (χ1v) is 9.32. The second-order valence-corrected chi connectivity index (χ2v) is 6.42. The monoisotopic (exact) mass is 346 g/mol. The molecule has 0 radical (unpaired) electrons. The number of fused-ring (bicyclic) bond motifs is 4. The third-order valence-electron chi connectivity index (χ3n) is 4.86. The Bertz CT molecular complexity index is 1170. The van der Waals surface area contributed by atoms with Crippen molar-refractivity contribution in [1.82, 2.24) is 9.56 Å². The molecule has 26 heavy (non-hydrogen) atoms. The van der Waals surface area contributed by atoms with Gasteiger partial charge in [0.15, 0.2) is 11.2 Å². The maximum Gasteiger partial charge on any atom is 0.200 e. The molecule has 0 spiro atoms. The van der Waals surface area contributed by atoms with Crippen molar-refractivity contribution in [1.29, 1.82) is 0 Å². The average molecular weight is 346 g/mol. The van der Waals surface area contributed by atoms with Crippen LogP contribution in [0.1, 0.15) is 20.8 Å². The molecule has 0 unspecified atom stereocenters. The van der Waals surface area contributed by atoms with Gasteiger partial charge < -0.3 is 9.73 Å². The molecule has 1 aromatic heterocycles. The lowest BCUT2D eigenvalue weighted by molar-refractivity contribution is 0.627. The zero-order valence-corrected chi connectivity index (χ0v) is 15.5. The van der Waals surface area contributed by atoms with Gasteiger partial charge in [-0.25, -0.2) is 9.56 Å². The third kappa shape index (κ3) is 2.81. The molecule has 3 aromatic carbocycles. The molecule has 0 aliphatic rings. The van der Waals surface area contributed by atoms with Gasteiger partial charge in [-0.3, -0.25) is 0 Å². The van der Waals surface area contributed by atoms with Crippen molar-refractivity contribution < 1.29 is 4.42 Å². The number of hydrogen-bond donors (Lipinski definition) is 1. The number of aromatic nitrogens is 1. The van der Waals surface area contributed by atoms with E-state index in [1.807, 2.05) is 24.3 Å². The van der Waals surface area contributed by atoms with Crippen LogP contribution in [-0.4, -0.2) is 24.6 Å². The van der Waals surface area contributed by atoms with Crippen LogP contribution < -0.4 is 15.2 Å². The van der Waals surface area contributed by atoms with Crippen molar-refractivity contribution in [2.45, 2.75) is 20.8 Å². The minimum absolute atomic E-state index is 0.802. The maximum atomic E-state index is 6.28. The number of nitrogens with one attached hydrogen (secondary N) is 1. The van der Waals surface area contributed by atoms with E-state index in [-0.39, 0.29) is 0 Å². The topological polar surface area (TPSA) is 41.1 Å². The van der Waals surface area contributed by atoms with Crippen LogP contribution >= 0.6 is 0 Å². The molecule has 1 N–H and O–H groups in total. The molecule has 4 nitrogen and oxygen atoms in total. The van der Waals surface area contributed by atoms with E-state index < -0.39 is 0 Å². The van der Waals surface area contributed by atoms with Crippen molar-refractivity contribution in [2.24, 2.45) is 0 Å². The summed E-state index contributed by atoms with van der Waals surface area (Å²) in [4.78, 5) is 4.79. The standard InChI is InChI=1S/C22H23N3O/c1-4-23-16-8-12-19-21(14-16)26-22-18-10-9-17(25(5-2)6-3)13-15(18)7-11-20(22)24-19/h7-14H,4-6H2,1-3H3/p+1. The highest BCUT2D eigenvalue weighted by Gasteiger charge is 2.09. The Morgan fingerprint density at radius 2 is 1.73 bits per heavy atom. The molecule has 0 saturated heterocycles. The first kappa shape index (κ1) is 16.6. The molecule has 4 rings (SSSR count). The van der Waals surface area contributed by atoms with Crippen molar-refractivity contribution >= 4 is 38.7 Å². The van der Waals surface area contributed by atoms with Gasteiger partial charge in [-0.1, -0.05) is 6.07 Å². The zero-order chi connectivity index (χ0) is 18.1. The van der Waals surface area contributed by atoms with Gasteiger partial charge in [0.05, 0.1) is 0 Å². The zero-order valence-electron chi connectivity index (χ0n) is 15.5. The summed E-state index contributed by atoms with van der Waals surface area (Å²) in [5.41, 5.74) is 4.45. The second-order valence-electron chi connectivity index (χ2n) is 6.42. The molecule has 0 amide bonds. The smallest absolute Gasteiger partial charge is 0.200 e. The van der Waals surface area contributed by atoms with Crippen LogP contribution in [0, 0.1) is 0 Å². The lowest BCUT2D eigenvalue weighted by Crippen LogP contribution is -2.29. The molecule has 0 bridgehead atoms. The number of benzene rings is 3. The first-order chi connectivity index (χ1) is 12.7. The van der Waals surface area contributed by atoms with Crippen molar-refractivity contribution in [3.8, 4) is 0 Å². The fourth-order valence-electron chi connectivity index (χ4n) is 3.50. The van der Waals surface area contributed by atoms with Crippen LogP contribution in [0.2, 0.25) is 0 Å². The highest BCUT2D eigenvalue weighted by molar-refractivity contribution is 6.04. The van der Waals surface area contributed by atoms with Gasteiger partial charge in [-0.05, 0) is 50.4 Å². The van der Waals surface area contributed by atoms with Crippen LogP contribution in [0.4, 0.5) is 5.69 Å². The quantitative estimate of drug-likeness (QED) is 0.339. The molecular formula is C22H24N3O+. The Morgan fingerprint density at radius 3 is 2.50 bits per heavy atom. The molecule has 0 fully saturated rings. The van der Waals surface area contributed by atoms with Gasteiger partial charge in [0.1, 0.15) is 24.1 Å². The van der Waals surface area contributed by atoms with Gasteiger partial charge in [0.2, 0.25) is 5.36 Å². The average Bonchev–Trinajstić information content (AvgIpc) is 2.67. The fourth-order valence-corrected chi connectivity index (χ4v) is 3.50. The summed E-state index contributed by atoms with van der Waals surface area (Å²) in [6.45, 7) is 9.33. The summed E-state index contributed by atoms with van der Waals surface area (Å²) < 4.78 is 8.63. The predicted molar refractivity (Wildman–Crippen MR) is 110 cm³/mol. The third-order valence-corrected chi connectivity index (χ3v) is 4.86. The largest absolute Gasteiger partial charge is 0.452 e. The highest BCUT2D eigenvalue weighted by atomic mass is 16.3. The van der Waals surface area contributed by atoms with Crippen molar-refractivity contribution in [3.05, 3.63) is 53.9 Å². The molecule has 1 heterocycles. The normalized spacial score (nSPS) is 11.3. The van der Waals surface area contributed by atoms with E-state index in [0.717, 1.165) is 52.9 Å². The van der Waals surface area contributed by atoms with Gasteiger partial charge in [0, 0.05) is 35.8 Å². The van der Waals surface area contributed by atoms with E-state index in [2.05, 4.69) is 54.9 Å². The summed E-state index contributed by atoms with van der Waals surface area (Å²) in [6.07, 6.45) is 0. The van der Waals surface area contributed by atoms with Gasteiger partial charge in [-0.15, -0.1) is 0 Å². The van der Waals surface area contributed by atoms with E-state index in [4.69, 9.17) is 9.40 Å². The van der Waals surface area contributed by atoms with Crippen molar-refractivity contribution in [3.63, 3.8) is 0 Å². The van der Waals surface area contributed by atoms with Gasteiger partial charge in [-0.2, -0.15) is 0 Å². The molecule has 0 saturated carbocycles. The lowest BCUT2D eigenvalue weighted by Gasteiger charge is -2.07. The minimum Gasteiger partial charge on any atom is -0.452 e. The summed E-state index contributed by atoms with van der Waals surface area (Å²) in [7, 11) is 0. The van der Waals surface area contributed by atoms with Crippen LogP contribution in [0.5, 0.6) is 0 Å².